The van der Waals surface area contributed by atoms with Crippen LogP contribution in [0.5, 0.6) is 0 Å². The lowest BCUT2D eigenvalue weighted by Gasteiger charge is -2.43. The highest BCUT2D eigenvalue weighted by molar-refractivity contribution is 6.69. The van der Waals surface area contributed by atoms with E-state index in [-0.39, 0.29) is 5.60 Å². The second kappa shape index (κ2) is 4.67. The van der Waals surface area contributed by atoms with Gasteiger partial charge in [-0.15, -0.1) is 0 Å². The van der Waals surface area contributed by atoms with Crippen LogP contribution < -0.4 is 0 Å². The summed E-state index contributed by atoms with van der Waals surface area (Å²) in [6, 6.07) is 8.70. The molecule has 0 N–H and O–H groups in total. The van der Waals surface area contributed by atoms with E-state index in [1.54, 1.807) is 0 Å². The number of fused-ring (bicyclic) bond motifs is 1. The Morgan fingerprint density at radius 2 is 2.00 bits per heavy atom. The second-order valence-corrected chi connectivity index (χ2v) is 10.8. The molecule has 18 heavy (non-hydrogen) atoms. The van der Waals surface area contributed by atoms with E-state index in [0.717, 1.165) is 6.42 Å². The second-order valence-electron chi connectivity index (χ2n) is 6.34. The van der Waals surface area contributed by atoms with Gasteiger partial charge in [-0.25, -0.2) is 0 Å². The third kappa shape index (κ3) is 2.45. The van der Waals surface area contributed by atoms with E-state index in [0.29, 0.717) is 5.92 Å². The molecular formula is C16H24OSi. The third-order valence-electron chi connectivity index (χ3n) is 3.71. The maximum absolute atomic E-state index is 6.51. The molecule has 1 aromatic rings. The van der Waals surface area contributed by atoms with Gasteiger partial charge in [-0.3, -0.25) is 0 Å². The summed E-state index contributed by atoms with van der Waals surface area (Å²) in [5.41, 5.74) is 2.51. The SMILES string of the molecule is C=CC1(O[Si](C)(C)C)CCC(C)c2ccccc21. The Kier molecular flexibility index (Phi) is 3.52. The third-order valence-corrected chi connectivity index (χ3v) is 4.69. The Morgan fingerprint density at radius 3 is 2.61 bits per heavy atom. The smallest absolute Gasteiger partial charge is 0.185 e. The topological polar surface area (TPSA) is 9.23 Å². The highest BCUT2D eigenvalue weighted by Crippen LogP contribution is 2.45. The maximum atomic E-state index is 6.51. The summed E-state index contributed by atoms with van der Waals surface area (Å²) in [5.74, 6) is 0.625. The minimum Gasteiger partial charge on any atom is -0.405 e. The number of benzene rings is 1. The van der Waals surface area contributed by atoms with E-state index < -0.39 is 8.32 Å². The fraction of sp³-hybridized carbons (Fsp3) is 0.500. The van der Waals surface area contributed by atoms with Gasteiger partial charge >= 0.3 is 0 Å². The highest BCUT2D eigenvalue weighted by Gasteiger charge is 2.40. The molecule has 0 amide bonds. The summed E-state index contributed by atoms with van der Waals surface area (Å²) in [5, 5.41) is 0. The van der Waals surface area contributed by atoms with E-state index in [9.17, 15) is 0 Å². The van der Waals surface area contributed by atoms with Crippen LogP contribution in [0, 0.1) is 0 Å². The van der Waals surface area contributed by atoms with Crippen LogP contribution in [-0.2, 0) is 10.0 Å². The van der Waals surface area contributed by atoms with Crippen LogP contribution in [0.3, 0.4) is 0 Å². The molecule has 0 radical (unpaired) electrons. The molecule has 1 nitrogen and oxygen atoms in total. The van der Waals surface area contributed by atoms with Crippen molar-refractivity contribution in [1.82, 2.24) is 0 Å². The first-order valence-corrected chi connectivity index (χ1v) is 10.2. The van der Waals surface area contributed by atoms with Crippen LogP contribution in [-0.4, -0.2) is 8.32 Å². The molecule has 0 bridgehead atoms. The first kappa shape index (κ1) is 13.6. The molecule has 2 unspecified atom stereocenters. The molecule has 1 aromatic carbocycles. The quantitative estimate of drug-likeness (QED) is 0.559. The Labute approximate surface area is 112 Å². The van der Waals surface area contributed by atoms with Gasteiger partial charge in [0.1, 0.15) is 5.60 Å². The summed E-state index contributed by atoms with van der Waals surface area (Å²) in [7, 11) is -1.60. The van der Waals surface area contributed by atoms with E-state index in [1.165, 1.54) is 17.5 Å². The van der Waals surface area contributed by atoms with Crippen LogP contribution in [0.2, 0.25) is 19.6 Å². The fourth-order valence-electron chi connectivity index (χ4n) is 2.94. The molecule has 0 heterocycles. The van der Waals surface area contributed by atoms with Gasteiger partial charge < -0.3 is 4.43 Å². The zero-order valence-corrected chi connectivity index (χ0v) is 13.0. The van der Waals surface area contributed by atoms with Gasteiger partial charge in [-0.2, -0.15) is 0 Å². The lowest BCUT2D eigenvalue weighted by molar-refractivity contribution is 0.0866. The normalized spacial score (nSPS) is 27.7. The van der Waals surface area contributed by atoms with Gasteiger partial charge in [0, 0.05) is 0 Å². The van der Waals surface area contributed by atoms with E-state index >= 15 is 0 Å². The van der Waals surface area contributed by atoms with Gasteiger partial charge in [0.15, 0.2) is 8.32 Å². The van der Waals surface area contributed by atoms with Gasteiger partial charge in [-0.1, -0.05) is 43.8 Å². The van der Waals surface area contributed by atoms with E-state index in [4.69, 9.17) is 4.43 Å². The summed E-state index contributed by atoms with van der Waals surface area (Å²) in [4.78, 5) is 0. The molecule has 0 fully saturated rings. The summed E-state index contributed by atoms with van der Waals surface area (Å²) in [6.45, 7) is 13.1. The molecule has 2 heteroatoms. The van der Waals surface area contributed by atoms with Crippen molar-refractivity contribution in [1.29, 1.82) is 0 Å². The Hall–Kier alpha value is -0.863. The summed E-state index contributed by atoms with van der Waals surface area (Å²) >= 11 is 0. The van der Waals surface area contributed by atoms with Gasteiger partial charge in [-0.05, 0) is 49.5 Å². The molecule has 0 spiro atoms. The average Bonchev–Trinajstić information content (AvgIpc) is 2.32. The molecule has 98 valence electrons. The largest absolute Gasteiger partial charge is 0.405 e. The lowest BCUT2D eigenvalue weighted by atomic mass is 9.74. The van der Waals surface area contributed by atoms with Crippen LogP contribution in [0.25, 0.3) is 0 Å². The molecule has 1 aliphatic rings. The first-order valence-electron chi connectivity index (χ1n) is 6.81. The van der Waals surface area contributed by atoms with Crippen molar-refractivity contribution in [3.05, 3.63) is 48.0 Å². The monoisotopic (exact) mass is 260 g/mol. The standard InChI is InChI=1S/C16H24OSi/c1-6-16(17-18(3,4)5)12-11-13(2)14-9-7-8-10-15(14)16/h6-10,13H,1,11-12H2,2-5H3. The summed E-state index contributed by atoms with van der Waals surface area (Å²) in [6.07, 6.45) is 4.25. The van der Waals surface area contributed by atoms with Crippen LogP contribution in [0.15, 0.2) is 36.9 Å². The Morgan fingerprint density at radius 1 is 1.33 bits per heavy atom. The number of rotatable bonds is 3. The molecule has 2 atom stereocenters. The highest BCUT2D eigenvalue weighted by atomic mass is 28.4. The average molecular weight is 260 g/mol. The van der Waals surface area contributed by atoms with Crippen molar-refractivity contribution in [3.8, 4) is 0 Å². The van der Waals surface area contributed by atoms with Gasteiger partial charge in [0.05, 0.1) is 0 Å². The minimum atomic E-state index is -1.60. The fourth-order valence-corrected chi connectivity index (χ4v) is 4.33. The maximum Gasteiger partial charge on any atom is 0.185 e. The van der Waals surface area contributed by atoms with E-state index in [2.05, 4.69) is 57.4 Å². The number of hydrogen-bond donors (Lipinski definition) is 0. The van der Waals surface area contributed by atoms with Crippen LogP contribution in [0.1, 0.15) is 36.8 Å². The Balaban J connectivity index is 2.50. The van der Waals surface area contributed by atoms with E-state index in [1.807, 2.05) is 6.08 Å². The predicted octanol–water partition coefficient (Wildman–Crippen LogP) is 4.82. The van der Waals surface area contributed by atoms with Crippen molar-refractivity contribution in [2.45, 2.75) is 50.9 Å². The lowest BCUT2D eigenvalue weighted by Crippen LogP contribution is -2.41. The van der Waals surface area contributed by atoms with Crippen molar-refractivity contribution in [3.63, 3.8) is 0 Å². The van der Waals surface area contributed by atoms with Crippen LogP contribution >= 0.6 is 0 Å². The molecule has 2 rings (SSSR count). The Bertz CT molecular complexity index is 447. The number of hydrogen-bond acceptors (Lipinski definition) is 1. The molecule has 0 saturated heterocycles. The minimum absolute atomic E-state index is 0.256. The van der Waals surface area contributed by atoms with Crippen LogP contribution in [0.4, 0.5) is 0 Å². The van der Waals surface area contributed by atoms with Gasteiger partial charge in [0.25, 0.3) is 0 Å². The molecule has 1 aliphatic carbocycles. The van der Waals surface area contributed by atoms with Crippen molar-refractivity contribution < 1.29 is 4.43 Å². The predicted molar refractivity (Wildman–Crippen MR) is 80.4 cm³/mol. The molecule has 0 aromatic heterocycles. The molecule has 0 aliphatic heterocycles. The first-order chi connectivity index (χ1) is 8.38. The zero-order valence-electron chi connectivity index (χ0n) is 12.0. The van der Waals surface area contributed by atoms with Gasteiger partial charge in [0.2, 0.25) is 0 Å². The van der Waals surface area contributed by atoms with Crippen molar-refractivity contribution >= 4 is 8.32 Å². The van der Waals surface area contributed by atoms with Crippen molar-refractivity contribution in [2.75, 3.05) is 0 Å². The summed E-state index contributed by atoms with van der Waals surface area (Å²) < 4.78 is 6.51. The zero-order chi connectivity index (χ0) is 13.4. The molecule has 0 saturated carbocycles. The molecular weight excluding hydrogens is 236 g/mol. The van der Waals surface area contributed by atoms with Crippen molar-refractivity contribution in [2.24, 2.45) is 0 Å².